The number of hydrogen-bond donors (Lipinski definition) is 0. The first-order chi connectivity index (χ1) is 10.9. The van der Waals surface area contributed by atoms with E-state index in [1.807, 2.05) is 0 Å². The third kappa shape index (κ3) is 2.27. The molecule has 0 aliphatic heterocycles. The third-order valence-electron chi connectivity index (χ3n) is 5.73. The number of hydrogen-bond acceptors (Lipinski definition) is 2. The molecule has 0 saturated heterocycles. The molecule has 0 radical (unpaired) electrons. The van der Waals surface area contributed by atoms with Crippen LogP contribution in [-0.2, 0) is 9.59 Å². The van der Waals surface area contributed by atoms with Crippen LogP contribution in [0.4, 0.5) is 0 Å². The van der Waals surface area contributed by atoms with E-state index in [-0.39, 0.29) is 34.2 Å². The summed E-state index contributed by atoms with van der Waals surface area (Å²) in [5.74, 6) is 13.9. The molecule has 0 N–H and O–H groups in total. The normalized spacial score (nSPS) is 37.6. The zero-order valence-electron chi connectivity index (χ0n) is 15.8. The van der Waals surface area contributed by atoms with E-state index >= 15 is 0 Å². The highest BCUT2D eigenvalue weighted by molar-refractivity contribution is 6.02. The molecule has 0 aromatic heterocycles. The van der Waals surface area contributed by atoms with Gasteiger partial charge in [-0.15, -0.1) is 0 Å². The number of carbonyl (C=O) groups is 2. The van der Waals surface area contributed by atoms with Crippen molar-refractivity contribution in [1.82, 2.24) is 0 Å². The summed E-state index contributed by atoms with van der Waals surface area (Å²) in [5, 5.41) is 0. The molecule has 3 rings (SSSR count). The minimum Gasteiger partial charge on any atom is -0.298 e. The van der Waals surface area contributed by atoms with Gasteiger partial charge < -0.3 is 0 Å². The van der Waals surface area contributed by atoms with Crippen molar-refractivity contribution >= 4 is 11.6 Å². The molecule has 2 nitrogen and oxygen atoms in total. The van der Waals surface area contributed by atoms with Crippen LogP contribution in [0.1, 0.15) is 67.2 Å². The fourth-order valence-corrected chi connectivity index (χ4v) is 4.83. The van der Waals surface area contributed by atoms with E-state index < -0.39 is 10.8 Å². The number of ketones is 2. The molecule has 0 atom stereocenters. The first kappa shape index (κ1) is 17.3. The van der Waals surface area contributed by atoms with Gasteiger partial charge in [-0.1, -0.05) is 23.7 Å². The largest absolute Gasteiger partial charge is 0.298 e. The summed E-state index contributed by atoms with van der Waals surface area (Å²) in [4.78, 5) is 25.6. The molecule has 0 bridgehead atoms. The minimum atomic E-state index is -0.605. The van der Waals surface area contributed by atoms with Gasteiger partial charge in [0, 0.05) is 35.5 Å². The second-order valence-electron chi connectivity index (χ2n) is 9.77. The second-order valence-corrected chi connectivity index (χ2v) is 9.77. The number of Topliss-reactive ketones (excluding diaryl/α,β-unsaturated/α-hetero) is 2. The van der Waals surface area contributed by atoms with Gasteiger partial charge in [0.05, 0.1) is 10.8 Å². The van der Waals surface area contributed by atoms with Crippen LogP contribution in [0.25, 0.3) is 0 Å². The smallest absolute Gasteiger partial charge is 0.151 e. The highest BCUT2D eigenvalue weighted by Crippen LogP contribution is 2.73. The molecule has 24 heavy (non-hydrogen) atoms. The summed E-state index contributed by atoms with van der Waals surface area (Å²) in [7, 11) is 0. The van der Waals surface area contributed by atoms with Crippen molar-refractivity contribution in [3.8, 4) is 23.7 Å². The number of rotatable bonds is 0. The maximum absolute atomic E-state index is 12.8. The van der Waals surface area contributed by atoms with Crippen LogP contribution in [0.5, 0.6) is 0 Å². The fourth-order valence-electron chi connectivity index (χ4n) is 4.83. The van der Waals surface area contributed by atoms with E-state index in [2.05, 4.69) is 65.2 Å². The summed E-state index contributed by atoms with van der Waals surface area (Å²) in [5.41, 5.74) is -1.49. The van der Waals surface area contributed by atoms with Crippen LogP contribution in [0.15, 0.2) is 0 Å². The third-order valence-corrected chi connectivity index (χ3v) is 5.73. The molecule has 3 aliphatic carbocycles. The molecule has 3 saturated carbocycles. The Morgan fingerprint density at radius 2 is 1.08 bits per heavy atom. The Hall–Kier alpha value is -1.54. The van der Waals surface area contributed by atoms with Gasteiger partial charge >= 0.3 is 0 Å². The summed E-state index contributed by atoms with van der Waals surface area (Å²) < 4.78 is 0. The van der Waals surface area contributed by atoms with E-state index in [1.54, 1.807) is 0 Å². The highest BCUT2D eigenvalue weighted by Gasteiger charge is 2.79. The van der Waals surface area contributed by atoms with Gasteiger partial charge in [0.25, 0.3) is 0 Å². The Bertz CT molecular complexity index is 646. The predicted octanol–water partition coefficient (Wildman–Crippen LogP) is 4.03. The van der Waals surface area contributed by atoms with Gasteiger partial charge in [-0.05, 0) is 54.4 Å². The molecule has 0 unspecified atom stereocenters. The molecule has 0 aromatic carbocycles. The fraction of sp³-hybridized carbons (Fsp3) is 0.727. The Balaban J connectivity index is 2.10. The van der Waals surface area contributed by atoms with Crippen molar-refractivity contribution in [3.63, 3.8) is 0 Å². The standard InChI is InChI=1S/C22H28O2/c1-19(2,3)11-13-21-15(7-9-17(21)23)22(14-12-20(4,5)6)16(21)8-10-18(22)24/h15-16H,7-10H2,1-6H3. The topological polar surface area (TPSA) is 34.1 Å². The lowest BCUT2D eigenvalue weighted by Gasteiger charge is -2.57. The molecule has 3 fully saturated rings. The van der Waals surface area contributed by atoms with Crippen molar-refractivity contribution in [1.29, 1.82) is 0 Å². The van der Waals surface area contributed by atoms with Gasteiger partial charge in [-0.25, -0.2) is 0 Å². The molecular formula is C22H28O2. The molecule has 0 amide bonds. The predicted molar refractivity (Wildman–Crippen MR) is 94.8 cm³/mol. The van der Waals surface area contributed by atoms with Crippen molar-refractivity contribution in [3.05, 3.63) is 0 Å². The maximum Gasteiger partial charge on any atom is 0.151 e. The van der Waals surface area contributed by atoms with E-state index in [9.17, 15) is 9.59 Å². The molecule has 3 aliphatic rings. The Morgan fingerprint density at radius 1 is 0.750 bits per heavy atom. The van der Waals surface area contributed by atoms with Crippen LogP contribution in [0, 0.1) is 57.2 Å². The number of fused-ring (bicyclic) bond motifs is 4. The molecule has 2 heteroatoms. The van der Waals surface area contributed by atoms with Gasteiger partial charge in [-0.3, -0.25) is 9.59 Å². The first-order valence-electron chi connectivity index (χ1n) is 9.09. The van der Waals surface area contributed by atoms with Crippen molar-refractivity contribution in [2.75, 3.05) is 0 Å². The zero-order valence-corrected chi connectivity index (χ0v) is 15.8. The van der Waals surface area contributed by atoms with Gasteiger partial charge in [-0.2, -0.15) is 0 Å². The Morgan fingerprint density at radius 3 is 1.38 bits per heavy atom. The molecule has 0 heterocycles. The second kappa shape index (κ2) is 4.98. The summed E-state index contributed by atoms with van der Waals surface area (Å²) in [6.45, 7) is 12.4. The first-order valence-corrected chi connectivity index (χ1v) is 9.09. The van der Waals surface area contributed by atoms with Crippen LogP contribution < -0.4 is 0 Å². The van der Waals surface area contributed by atoms with Crippen LogP contribution >= 0.6 is 0 Å². The van der Waals surface area contributed by atoms with Crippen molar-refractivity contribution < 1.29 is 9.59 Å². The summed E-state index contributed by atoms with van der Waals surface area (Å²) in [6, 6.07) is 0. The highest BCUT2D eigenvalue weighted by atomic mass is 16.1. The van der Waals surface area contributed by atoms with Gasteiger partial charge in [0.15, 0.2) is 11.6 Å². The SMILES string of the molecule is CC(C)(C)C#CC12C(=O)CCC1C1(C#CC(C)(C)C)C(=O)CCC21. The quantitative estimate of drug-likeness (QED) is 0.630. The van der Waals surface area contributed by atoms with Gasteiger partial charge in [0.2, 0.25) is 0 Å². The van der Waals surface area contributed by atoms with Crippen LogP contribution in [0.2, 0.25) is 0 Å². The maximum atomic E-state index is 12.8. The molecule has 0 spiro atoms. The lowest BCUT2D eigenvalue weighted by Crippen LogP contribution is -2.63. The average Bonchev–Trinajstić information content (AvgIpc) is 2.85. The monoisotopic (exact) mass is 324 g/mol. The number of carbonyl (C=O) groups excluding carboxylic acids is 2. The molecule has 128 valence electrons. The summed E-state index contributed by atoms with van der Waals surface area (Å²) in [6.07, 6.45) is 2.62. The summed E-state index contributed by atoms with van der Waals surface area (Å²) >= 11 is 0. The van der Waals surface area contributed by atoms with E-state index in [0.29, 0.717) is 12.8 Å². The molecular weight excluding hydrogens is 296 g/mol. The minimum absolute atomic E-state index is 0.00204. The van der Waals surface area contributed by atoms with E-state index in [1.165, 1.54) is 0 Å². The van der Waals surface area contributed by atoms with Crippen molar-refractivity contribution in [2.24, 2.45) is 33.5 Å². The van der Waals surface area contributed by atoms with Crippen molar-refractivity contribution in [2.45, 2.75) is 67.2 Å². The Labute approximate surface area is 146 Å². The van der Waals surface area contributed by atoms with Crippen LogP contribution in [-0.4, -0.2) is 11.6 Å². The Kier molecular flexibility index (Phi) is 3.59. The van der Waals surface area contributed by atoms with E-state index in [0.717, 1.165) is 12.8 Å². The zero-order chi connectivity index (χ0) is 18.0. The molecule has 0 aromatic rings. The van der Waals surface area contributed by atoms with Crippen LogP contribution in [0.3, 0.4) is 0 Å². The van der Waals surface area contributed by atoms with E-state index in [4.69, 9.17) is 0 Å². The lowest BCUT2D eigenvalue weighted by molar-refractivity contribution is -0.155. The lowest BCUT2D eigenvalue weighted by atomic mass is 9.41. The average molecular weight is 324 g/mol. The van der Waals surface area contributed by atoms with Gasteiger partial charge in [0.1, 0.15) is 0 Å².